The van der Waals surface area contributed by atoms with Crippen LogP contribution in [-0.2, 0) is 9.16 Å². The number of hydrogen-bond acceptors (Lipinski definition) is 3. The van der Waals surface area contributed by atoms with Crippen molar-refractivity contribution in [3.63, 3.8) is 0 Å². The Kier molecular flexibility index (Phi) is 5.44. The molecule has 0 radical (unpaired) electrons. The SMILES string of the molecule is CC(C)(C)C(O[SiH](c1ccccc1)c1ccccc1)C1(CO)COC1. The van der Waals surface area contributed by atoms with Crippen molar-refractivity contribution in [1.82, 2.24) is 0 Å². The molecular weight excluding hydrogens is 328 g/mol. The van der Waals surface area contributed by atoms with Gasteiger partial charge in [-0.15, -0.1) is 0 Å². The number of aliphatic hydroxyl groups is 1. The maximum atomic E-state index is 10.1. The molecule has 3 nitrogen and oxygen atoms in total. The zero-order chi connectivity index (χ0) is 17.9. The highest BCUT2D eigenvalue weighted by molar-refractivity contribution is 6.80. The van der Waals surface area contributed by atoms with Gasteiger partial charge in [0.15, 0.2) is 0 Å². The second-order valence-electron chi connectivity index (χ2n) is 8.10. The highest BCUT2D eigenvalue weighted by atomic mass is 28.3. The number of benzene rings is 2. The van der Waals surface area contributed by atoms with Crippen molar-refractivity contribution in [3.05, 3.63) is 60.7 Å². The van der Waals surface area contributed by atoms with E-state index in [0.29, 0.717) is 13.2 Å². The summed E-state index contributed by atoms with van der Waals surface area (Å²) in [5.41, 5.74) is -0.381. The van der Waals surface area contributed by atoms with Crippen molar-refractivity contribution in [1.29, 1.82) is 0 Å². The molecule has 0 aromatic heterocycles. The predicted octanol–water partition coefficient (Wildman–Crippen LogP) is 1.96. The van der Waals surface area contributed by atoms with Gasteiger partial charge in [-0.1, -0.05) is 81.4 Å². The first-order chi connectivity index (χ1) is 12.0. The van der Waals surface area contributed by atoms with E-state index >= 15 is 0 Å². The number of rotatable bonds is 6. The quantitative estimate of drug-likeness (QED) is 0.804. The van der Waals surface area contributed by atoms with E-state index in [9.17, 15) is 5.11 Å². The first-order valence-electron chi connectivity index (χ1n) is 8.90. The lowest BCUT2D eigenvalue weighted by Crippen LogP contribution is -2.62. The number of aliphatic hydroxyl groups excluding tert-OH is 1. The molecule has 25 heavy (non-hydrogen) atoms. The van der Waals surface area contributed by atoms with Gasteiger partial charge in [-0.25, -0.2) is 0 Å². The normalized spacial score (nSPS) is 18.0. The molecule has 3 rings (SSSR count). The van der Waals surface area contributed by atoms with Gasteiger partial charge in [-0.05, 0) is 15.8 Å². The molecule has 2 aromatic carbocycles. The van der Waals surface area contributed by atoms with Crippen molar-refractivity contribution in [2.24, 2.45) is 10.8 Å². The van der Waals surface area contributed by atoms with Crippen molar-refractivity contribution in [3.8, 4) is 0 Å². The Morgan fingerprint density at radius 3 is 1.80 bits per heavy atom. The van der Waals surface area contributed by atoms with Crippen LogP contribution in [-0.4, -0.2) is 40.1 Å². The summed E-state index contributed by atoms with van der Waals surface area (Å²) in [6, 6.07) is 21.0. The number of ether oxygens (including phenoxy) is 1. The molecule has 1 fully saturated rings. The summed E-state index contributed by atoms with van der Waals surface area (Å²) in [6.07, 6.45) is -0.0594. The summed E-state index contributed by atoms with van der Waals surface area (Å²) in [4.78, 5) is 0. The molecule has 1 heterocycles. The lowest BCUT2D eigenvalue weighted by molar-refractivity contribution is -0.206. The van der Waals surface area contributed by atoms with Crippen LogP contribution in [0, 0.1) is 10.8 Å². The summed E-state index contributed by atoms with van der Waals surface area (Å²) in [6.45, 7) is 7.80. The van der Waals surface area contributed by atoms with E-state index in [1.807, 2.05) is 12.1 Å². The van der Waals surface area contributed by atoms with E-state index in [2.05, 4.69) is 69.3 Å². The molecule has 0 aliphatic carbocycles. The first-order valence-corrected chi connectivity index (χ1v) is 10.5. The molecule has 0 bridgehead atoms. The van der Waals surface area contributed by atoms with Crippen LogP contribution in [0.1, 0.15) is 20.8 Å². The van der Waals surface area contributed by atoms with Gasteiger partial charge >= 0.3 is 0 Å². The molecule has 1 aliphatic heterocycles. The van der Waals surface area contributed by atoms with Crippen LogP contribution in [0.4, 0.5) is 0 Å². The molecule has 134 valence electrons. The van der Waals surface area contributed by atoms with E-state index in [-0.39, 0.29) is 23.5 Å². The summed E-state index contributed by atoms with van der Waals surface area (Å²) < 4.78 is 12.4. The summed E-state index contributed by atoms with van der Waals surface area (Å²) in [5.74, 6) is 0. The Labute approximate surface area is 152 Å². The van der Waals surface area contributed by atoms with Gasteiger partial charge in [0.05, 0.1) is 31.3 Å². The van der Waals surface area contributed by atoms with Gasteiger partial charge in [0.25, 0.3) is 0 Å². The Morgan fingerprint density at radius 2 is 1.48 bits per heavy atom. The zero-order valence-electron chi connectivity index (χ0n) is 15.3. The third kappa shape index (κ3) is 3.87. The molecule has 0 amide bonds. The smallest absolute Gasteiger partial charge is 0.240 e. The minimum Gasteiger partial charge on any atom is -0.407 e. The predicted molar refractivity (Wildman–Crippen MR) is 104 cm³/mol. The Balaban J connectivity index is 1.98. The molecule has 1 N–H and O–H groups in total. The Morgan fingerprint density at radius 1 is 1.00 bits per heavy atom. The second-order valence-corrected chi connectivity index (χ2v) is 10.5. The summed E-state index contributed by atoms with van der Waals surface area (Å²) in [5, 5.41) is 12.6. The van der Waals surface area contributed by atoms with Crippen molar-refractivity contribution >= 4 is 19.4 Å². The van der Waals surface area contributed by atoms with E-state index in [4.69, 9.17) is 9.16 Å². The molecule has 1 unspecified atom stereocenters. The Hall–Kier alpha value is -1.46. The van der Waals surface area contributed by atoms with Crippen LogP contribution in [0.15, 0.2) is 60.7 Å². The summed E-state index contributed by atoms with van der Waals surface area (Å²) >= 11 is 0. The molecule has 0 spiro atoms. The fourth-order valence-corrected chi connectivity index (χ4v) is 6.51. The zero-order valence-corrected chi connectivity index (χ0v) is 16.5. The van der Waals surface area contributed by atoms with Crippen LogP contribution in [0.25, 0.3) is 0 Å². The van der Waals surface area contributed by atoms with Gasteiger partial charge < -0.3 is 14.3 Å². The first kappa shape index (κ1) is 18.3. The standard InChI is InChI=1S/C21H28O3Si/c1-20(2,3)19(21(14-22)15-23-16-21)24-25(17-10-6-4-7-11-17)18-12-8-5-9-13-18/h4-13,19,22,25H,14-16H2,1-3H3. The molecule has 2 aromatic rings. The number of hydrogen-bond donors (Lipinski definition) is 1. The van der Waals surface area contributed by atoms with E-state index in [1.54, 1.807) is 0 Å². The van der Waals surface area contributed by atoms with Crippen LogP contribution < -0.4 is 10.4 Å². The van der Waals surface area contributed by atoms with Crippen LogP contribution in [0.2, 0.25) is 0 Å². The van der Waals surface area contributed by atoms with E-state index < -0.39 is 9.04 Å². The van der Waals surface area contributed by atoms with Gasteiger partial charge in [-0.2, -0.15) is 0 Å². The highest BCUT2D eigenvalue weighted by Gasteiger charge is 2.51. The van der Waals surface area contributed by atoms with Gasteiger partial charge in [-0.3, -0.25) is 0 Å². The van der Waals surface area contributed by atoms with Crippen molar-refractivity contribution in [2.75, 3.05) is 19.8 Å². The molecule has 0 saturated carbocycles. The van der Waals surface area contributed by atoms with Gasteiger partial charge in [0.2, 0.25) is 9.04 Å². The Bertz CT molecular complexity index is 618. The van der Waals surface area contributed by atoms with Crippen molar-refractivity contribution < 1.29 is 14.3 Å². The fraction of sp³-hybridized carbons (Fsp3) is 0.429. The van der Waals surface area contributed by atoms with Gasteiger partial charge in [0.1, 0.15) is 0 Å². The topological polar surface area (TPSA) is 38.7 Å². The average Bonchev–Trinajstić information content (AvgIpc) is 2.58. The minimum absolute atomic E-state index is 0.0594. The fourth-order valence-electron chi connectivity index (χ4n) is 3.70. The highest BCUT2D eigenvalue weighted by Crippen LogP contribution is 2.42. The molecule has 1 aliphatic rings. The largest absolute Gasteiger partial charge is 0.407 e. The molecule has 1 atom stereocenters. The lowest BCUT2D eigenvalue weighted by Gasteiger charge is -2.51. The van der Waals surface area contributed by atoms with Crippen LogP contribution in [0.5, 0.6) is 0 Å². The lowest BCUT2D eigenvalue weighted by atomic mass is 9.70. The molecular formula is C21H28O3Si. The monoisotopic (exact) mass is 356 g/mol. The van der Waals surface area contributed by atoms with Crippen LogP contribution in [0.3, 0.4) is 0 Å². The minimum atomic E-state index is -1.87. The average molecular weight is 357 g/mol. The molecule has 4 heteroatoms. The maximum absolute atomic E-state index is 10.1. The second kappa shape index (κ2) is 7.42. The maximum Gasteiger partial charge on any atom is 0.240 e. The van der Waals surface area contributed by atoms with Crippen LogP contribution >= 0.6 is 0 Å². The molecule has 1 saturated heterocycles. The van der Waals surface area contributed by atoms with E-state index in [1.165, 1.54) is 10.4 Å². The van der Waals surface area contributed by atoms with E-state index in [0.717, 1.165) is 0 Å². The van der Waals surface area contributed by atoms with Crippen molar-refractivity contribution in [2.45, 2.75) is 26.9 Å². The third-order valence-electron chi connectivity index (χ3n) is 4.91. The third-order valence-corrected chi connectivity index (χ3v) is 7.44. The van der Waals surface area contributed by atoms with Gasteiger partial charge in [0, 0.05) is 0 Å². The summed E-state index contributed by atoms with van der Waals surface area (Å²) in [7, 11) is -1.87.